The number of nitrogens with one attached hydrogen (secondary N) is 1. The molecule has 10 nitrogen and oxygen atoms in total. The normalized spacial score (nSPS) is 14.4. The van der Waals surface area contributed by atoms with Gasteiger partial charge in [0.25, 0.3) is 15.7 Å². The van der Waals surface area contributed by atoms with E-state index in [1.807, 2.05) is 0 Å². The van der Waals surface area contributed by atoms with Gasteiger partial charge in [-0.2, -0.15) is 0 Å². The number of non-ortho nitro benzene ring substituents is 1. The molecule has 234 valence electrons. The van der Waals surface area contributed by atoms with Crippen LogP contribution in [0.3, 0.4) is 0 Å². The molecule has 0 unspecified atom stereocenters. The molecule has 3 aromatic carbocycles. The van der Waals surface area contributed by atoms with Crippen LogP contribution in [0.15, 0.2) is 77.7 Å². The van der Waals surface area contributed by atoms with Gasteiger partial charge in [-0.05, 0) is 61.2 Å². The van der Waals surface area contributed by atoms with Crippen molar-refractivity contribution >= 4 is 56.4 Å². The lowest BCUT2D eigenvalue weighted by atomic mass is 9.95. The number of hydrogen-bond acceptors (Lipinski definition) is 6. The molecule has 13 heteroatoms. The van der Waals surface area contributed by atoms with Crippen LogP contribution < -0.4 is 9.62 Å². The number of carbonyl (C=O) groups is 2. The molecule has 0 radical (unpaired) electrons. The van der Waals surface area contributed by atoms with Gasteiger partial charge >= 0.3 is 0 Å². The molecule has 1 fully saturated rings. The Labute approximate surface area is 267 Å². The van der Waals surface area contributed by atoms with E-state index in [1.165, 1.54) is 47.4 Å². The van der Waals surface area contributed by atoms with Gasteiger partial charge in [0.05, 0.1) is 15.5 Å². The molecule has 0 aromatic heterocycles. The molecule has 3 aromatic rings. The summed E-state index contributed by atoms with van der Waals surface area (Å²) in [5.74, 6) is -0.981. The third-order valence-electron chi connectivity index (χ3n) is 7.65. The zero-order chi connectivity index (χ0) is 31.9. The van der Waals surface area contributed by atoms with Crippen LogP contribution in [0.2, 0.25) is 10.0 Å². The second kappa shape index (κ2) is 14.9. The second-order valence-electron chi connectivity index (χ2n) is 10.6. The number of nitro benzene ring substituents is 1. The SMILES string of the molecule is CC[C@H](C(=O)NC1CCCCC1)N(Cc1ccc(Cl)cc1Cl)C(=O)CN(c1ccc([N+](=O)[O-])cc1)S(=O)(=O)c1ccccc1. The third kappa shape index (κ3) is 8.08. The fourth-order valence-corrected chi connectivity index (χ4v) is 7.19. The van der Waals surface area contributed by atoms with Crippen molar-refractivity contribution in [1.29, 1.82) is 0 Å². The molecule has 0 aliphatic heterocycles. The van der Waals surface area contributed by atoms with Crippen molar-refractivity contribution in [2.45, 2.75) is 69.0 Å². The van der Waals surface area contributed by atoms with Gasteiger partial charge in [-0.3, -0.25) is 24.0 Å². The molecule has 1 saturated carbocycles. The maximum absolute atomic E-state index is 14.2. The summed E-state index contributed by atoms with van der Waals surface area (Å²) in [5.41, 5.74) is 0.347. The maximum Gasteiger partial charge on any atom is 0.269 e. The van der Waals surface area contributed by atoms with Crippen LogP contribution in [-0.4, -0.2) is 48.7 Å². The molecule has 1 atom stereocenters. The van der Waals surface area contributed by atoms with Crippen molar-refractivity contribution in [3.8, 4) is 0 Å². The second-order valence-corrected chi connectivity index (χ2v) is 13.3. The standard InChI is InChI=1S/C31H34Cl2N4O6S/c1-2-29(31(39)34-24-9-5-3-6-10-24)35(20-22-13-14-23(32)19-28(22)33)30(38)21-36(25-15-17-26(18-16-25)37(40)41)44(42,43)27-11-7-4-8-12-27/h4,7-8,11-19,24,29H,2-3,5-6,9-10,20-21H2,1H3,(H,34,39)/t29-/m1/s1. The number of carbonyl (C=O) groups excluding carboxylic acids is 2. The molecule has 44 heavy (non-hydrogen) atoms. The number of nitro groups is 1. The minimum atomic E-state index is -4.31. The monoisotopic (exact) mass is 660 g/mol. The summed E-state index contributed by atoms with van der Waals surface area (Å²) in [6.45, 7) is 1.03. The summed E-state index contributed by atoms with van der Waals surface area (Å²) in [7, 11) is -4.31. The van der Waals surface area contributed by atoms with Crippen LogP contribution in [0.4, 0.5) is 11.4 Å². The van der Waals surface area contributed by atoms with E-state index < -0.39 is 33.4 Å². The van der Waals surface area contributed by atoms with E-state index in [1.54, 1.807) is 37.3 Å². The van der Waals surface area contributed by atoms with Gasteiger partial charge in [0.2, 0.25) is 11.8 Å². The van der Waals surface area contributed by atoms with E-state index in [-0.39, 0.29) is 41.2 Å². The Balaban J connectivity index is 1.73. The Hall–Kier alpha value is -3.67. The molecule has 2 amide bonds. The molecule has 1 aliphatic rings. The highest BCUT2D eigenvalue weighted by Crippen LogP contribution is 2.28. The van der Waals surface area contributed by atoms with E-state index in [9.17, 15) is 28.1 Å². The number of anilines is 1. The Morgan fingerprint density at radius 3 is 2.25 bits per heavy atom. The number of sulfonamides is 1. The highest BCUT2D eigenvalue weighted by molar-refractivity contribution is 7.92. The summed E-state index contributed by atoms with van der Waals surface area (Å²) in [5, 5.41) is 15.0. The fraction of sp³-hybridized carbons (Fsp3) is 0.355. The molecular formula is C31H34Cl2N4O6S. The first kappa shape index (κ1) is 33.2. The first-order chi connectivity index (χ1) is 21.0. The first-order valence-electron chi connectivity index (χ1n) is 14.4. The van der Waals surface area contributed by atoms with Crippen molar-refractivity contribution in [2.75, 3.05) is 10.8 Å². The van der Waals surface area contributed by atoms with Gasteiger partial charge in [-0.15, -0.1) is 0 Å². The molecule has 0 bridgehead atoms. The largest absolute Gasteiger partial charge is 0.352 e. The number of rotatable bonds is 12. The number of amides is 2. The summed E-state index contributed by atoms with van der Waals surface area (Å²) in [6, 6.07) is 16.4. The van der Waals surface area contributed by atoms with Crippen molar-refractivity contribution in [1.82, 2.24) is 10.2 Å². The molecule has 0 heterocycles. The third-order valence-corrected chi connectivity index (χ3v) is 10.0. The van der Waals surface area contributed by atoms with E-state index in [0.717, 1.165) is 36.4 Å². The van der Waals surface area contributed by atoms with Crippen LogP contribution in [0.1, 0.15) is 51.0 Å². The van der Waals surface area contributed by atoms with Crippen LogP contribution in [0.5, 0.6) is 0 Å². The zero-order valence-corrected chi connectivity index (χ0v) is 26.5. The number of benzene rings is 3. The fourth-order valence-electron chi connectivity index (χ4n) is 5.29. The average Bonchev–Trinajstić information content (AvgIpc) is 3.01. The van der Waals surface area contributed by atoms with Crippen LogP contribution in [0.25, 0.3) is 0 Å². The smallest absolute Gasteiger partial charge is 0.269 e. The topological polar surface area (TPSA) is 130 Å². The van der Waals surface area contributed by atoms with Crippen molar-refractivity contribution in [3.63, 3.8) is 0 Å². The number of hydrogen-bond donors (Lipinski definition) is 1. The van der Waals surface area contributed by atoms with Crippen molar-refractivity contribution in [2.24, 2.45) is 0 Å². The summed E-state index contributed by atoms with van der Waals surface area (Å²) >= 11 is 12.6. The number of halogens is 2. The van der Waals surface area contributed by atoms with Crippen molar-refractivity contribution in [3.05, 3.63) is 98.5 Å². The molecule has 1 N–H and O–H groups in total. The van der Waals surface area contributed by atoms with E-state index in [4.69, 9.17) is 23.2 Å². The van der Waals surface area contributed by atoms with E-state index in [2.05, 4.69) is 5.32 Å². The first-order valence-corrected chi connectivity index (χ1v) is 16.6. The van der Waals surface area contributed by atoms with Crippen molar-refractivity contribution < 1.29 is 22.9 Å². The minimum absolute atomic E-state index is 0.00330. The maximum atomic E-state index is 14.2. The lowest BCUT2D eigenvalue weighted by Gasteiger charge is -2.34. The minimum Gasteiger partial charge on any atom is -0.352 e. The highest BCUT2D eigenvalue weighted by Gasteiger charge is 2.35. The zero-order valence-electron chi connectivity index (χ0n) is 24.2. The average molecular weight is 662 g/mol. The molecule has 4 rings (SSSR count). The lowest BCUT2D eigenvalue weighted by Crippen LogP contribution is -2.54. The summed E-state index contributed by atoms with van der Waals surface area (Å²) in [4.78, 5) is 39.8. The predicted molar refractivity (Wildman–Crippen MR) is 170 cm³/mol. The highest BCUT2D eigenvalue weighted by atomic mass is 35.5. The lowest BCUT2D eigenvalue weighted by molar-refractivity contribution is -0.384. The van der Waals surface area contributed by atoms with Gasteiger partial charge in [0, 0.05) is 34.8 Å². The van der Waals surface area contributed by atoms with Gasteiger partial charge in [0.15, 0.2) is 0 Å². The molecule has 1 aliphatic carbocycles. The molecule has 0 spiro atoms. The van der Waals surface area contributed by atoms with Gasteiger partial charge in [-0.1, -0.05) is 73.7 Å². The summed E-state index contributed by atoms with van der Waals surface area (Å²) in [6.07, 6.45) is 5.08. The van der Waals surface area contributed by atoms with Crippen LogP contribution in [-0.2, 0) is 26.2 Å². The van der Waals surface area contributed by atoms with Crippen LogP contribution >= 0.6 is 23.2 Å². The Morgan fingerprint density at radius 1 is 1.00 bits per heavy atom. The van der Waals surface area contributed by atoms with Gasteiger partial charge in [0.1, 0.15) is 12.6 Å². The Morgan fingerprint density at radius 2 is 1.66 bits per heavy atom. The molecule has 0 saturated heterocycles. The Bertz CT molecular complexity index is 1580. The van der Waals surface area contributed by atoms with Gasteiger partial charge < -0.3 is 10.2 Å². The number of nitrogens with zero attached hydrogens (tertiary/aromatic N) is 3. The predicted octanol–water partition coefficient (Wildman–Crippen LogP) is 6.35. The quantitative estimate of drug-likeness (QED) is 0.178. The van der Waals surface area contributed by atoms with E-state index in [0.29, 0.717) is 15.6 Å². The Kier molecular flexibility index (Phi) is 11.2. The van der Waals surface area contributed by atoms with Gasteiger partial charge in [-0.25, -0.2) is 8.42 Å². The van der Waals surface area contributed by atoms with E-state index >= 15 is 0 Å². The van der Waals surface area contributed by atoms with Crippen LogP contribution in [0, 0.1) is 10.1 Å². The summed E-state index contributed by atoms with van der Waals surface area (Å²) < 4.78 is 28.7. The molecular weight excluding hydrogens is 627 g/mol.